The second kappa shape index (κ2) is 49.0. The molecule has 135 heavy (non-hydrogen) atoms. The van der Waals surface area contributed by atoms with Gasteiger partial charge in [-0.1, -0.05) is 126 Å². The molecule has 15 heterocycles. The van der Waals surface area contributed by atoms with Gasteiger partial charge in [-0.05, 0) is 342 Å². The number of aromatic nitrogens is 5. The Balaban J connectivity index is 0.000000161. The van der Waals surface area contributed by atoms with Crippen molar-refractivity contribution in [3.05, 3.63) is 232 Å². The van der Waals surface area contributed by atoms with Crippen molar-refractivity contribution in [1.29, 1.82) is 0 Å². The van der Waals surface area contributed by atoms with Crippen LogP contribution in [0.25, 0.3) is 0 Å². The molecule has 20 heteroatoms. The van der Waals surface area contributed by atoms with Gasteiger partial charge in [0.15, 0.2) is 0 Å². The maximum Gasteiger partial charge on any atom is 0.132 e. The molecule has 0 amide bonds. The Morgan fingerprint density at radius 1 is 0.281 bits per heavy atom. The summed E-state index contributed by atoms with van der Waals surface area (Å²) in [5.41, 5.74) is -17.9. The molecule has 5 aliphatic carbocycles. The molecule has 10 aromatic heterocycles. The van der Waals surface area contributed by atoms with E-state index in [2.05, 4.69) is 24.9 Å². The number of pyridine rings is 5. The standard InChI is InChI=1S/5C23H31NO2S/c5*1-25-19-10-17-27-20(19)8-2-4-11-22(21-9-3-7-15-24-21)14-16-26-23(18-22)12-5-6-13-23/h5*3,7,9-10,15,17H,2,4-6,8,11-14,16,18H2,1H3/t5*22-/m11111/s1/i5D2,6D2,8D2,12D2,13D2,14D2,18D2;5D2,6D2,8D2,12D2,13D2,16D2;8D2,12D2,13D2,14D2,18D2;2*5D2,6D2,8D2,16D2. The first-order valence-electron chi connectivity index (χ1n) is 71.7. The summed E-state index contributed by atoms with van der Waals surface area (Å²) in [5.74, 6) is 2.14. The number of hydrogen-bond acceptors (Lipinski definition) is 20. The molecule has 0 bridgehead atoms. The molecule has 10 fully saturated rings. The second-order valence-electron chi connectivity index (χ2n) is 34.3. The lowest BCUT2D eigenvalue weighted by Crippen LogP contribution is -2.46. The van der Waals surface area contributed by atoms with Gasteiger partial charge in [0, 0.05) is 207 Å². The van der Waals surface area contributed by atoms with Crippen LogP contribution in [0.3, 0.4) is 0 Å². The molecule has 5 aliphatic heterocycles. The van der Waals surface area contributed by atoms with Gasteiger partial charge >= 0.3 is 0 Å². The molecule has 0 N–H and O–H groups in total. The lowest BCUT2D eigenvalue weighted by Gasteiger charge is -2.46. The van der Waals surface area contributed by atoms with Crippen LogP contribution in [0.15, 0.2) is 179 Å². The Kier molecular flexibility index (Phi) is 19.7. The van der Waals surface area contributed by atoms with Crippen LogP contribution >= 0.6 is 56.7 Å². The van der Waals surface area contributed by atoms with E-state index in [0.717, 1.165) is 11.3 Å². The van der Waals surface area contributed by atoms with Gasteiger partial charge in [0.05, 0.1) is 71.8 Å². The number of aryl methyl sites for hydroxylation is 5. The van der Waals surface area contributed by atoms with Crippen LogP contribution < -0.4 is 23.7 Å². The van der Waals surface area contributed by atoms with E-state index in [0.29, 0.717) is 91.0 Å². The van der Waals surface area contributed by atoms with E-state index in [1.807, 2.05) is 24.3 Å². The SMILES string of the molecule is [2H]C([2H])(CCC[C@@]1(c2ccccn2)C([2H])([2H])COC2(C([2H])([2H])C([2H])([2H])C([2H])([2H])C2([2H])[2H])C1([2H])[2H])c1sccc1OC.[2H]C([2H])(CCC[C@@]1(c2ccccn2)C([2H])([2H])COC2(C([2H])([2H])CCC2([2H])[2H])C1([2H])[2H])c1sccc1OC.[2H]C1([2H])C[C@@](CCCC([2H])([2H])c2sccc2OC)(c2ccccn2)CC2(CC([2H])([2H])C([2H])([2H])C2)O1.[2H]C1([2H])C[C@@](CCCC([2H])([2H])c2sccc2OC)(c2ccccn2)CC2(CC([2H])([2H])C([2H])([2H])C2)O1.[2H]C1([2H])C[C@@](CCCC([2H])([2H])c2sccc2OC)(c2ccccn2)CC2(O1)C([2H])([2H])C([2H])([2H])C([2H])([2H])C2([2H])[2H]. The molecule has 15 nitrogen and oxygen atoms in total. The Morgan fingerprint density at radius 2 is 0.541 bits per heavy atom. The molecule has 5 spiro atoms. The fourth-order valence-electron chi connectivity index (χ4n) is 18.8. The third-order valence-electron chi connectivity index (χ3n) is 25.4. The van der Waals surface area contributed by atoms with Gasteiger partial charge in [-0.15, -0.1) is 56.7 Å². The molecule has 0 aromatic carbocycles. The van der Waals surface area contributed by atoms with Crippen molar-refractivity contribution in [2.45, 2.75) is 375 Å². The Bertz CT molecular complexity index is 7500. The summed E-state index contributed by atoms with van der Waals surface area (Å²) in [5, 5.41) is 8.66. The lowest BCUT2D eigenvalue weighted by molar-refractivity contribution is -0.105. The average molecular weight is 1980 g/mol. The van der Waals surface area contributed by atoms with Gasteiger partial charge in [-0.25, -0.2) is 0 Å². The molecule has 10 aromatic rings. The molecule has 5 saturated carbocycles. The minimum absolute atomic E-state index is 0.0171. The summed E-state index contributed by atoms with van der Waals surface area (Å²) in [7, 11) is 7.32. The lowest BCUT2D eigenvalue weighted by atomic mass is 9.67. The number of ether oxygens (including phenoxy) is 10. The predicted molar refractivity (Wildman–Crippen MR) is 554 cm³/mol. The molecular formula is C115H155N5O10S5. The minimum atomic E-state index is -3.63. The number of thiophene rings is 5. The summed E-state index contributed by atoms with van der Waals surface area (Å²) in [4.78, 5) is 24.1. The Morgan fingerprint density at radius 3 is 0.822 bits per heavy atom. The van der Waals surface area contributed by atoms with Crippen LogP contribution in [0.1, 0.15) is 412 Å². The van der Waals surface area contributed by atoms with Gasteiger partial charge < -0.3 is 47.4 Å². The zero-order valence-corrected chi connectivity index (χ0v) is 80.8. The fourth-order valence-corrected chi connectivity index (χ4v) is 22.7. The van der Waals surface area contributed by atoms with E-state index in [1.165, 1.54) is 124 Å². The van der Waals surface area contributed by atoms with E-state index in [-0.39, 0.29) is 151 Å². The first-order chi connectivity index (χ1) is 85.6. The van der Waals surface area contributed by atoms with Crippen LogP contribution in [-0.4, -0.2) is 121 Å². The van der Waals surface area contributed by atoms with Gasteiger partial charge in [-0.2, -0.15) is 0 Å². The normalized spacial score (nSPS) is 38.4. The van der Waals surface area contributed by atoms with Crippen molar-refractivity contribution in [2.75, 3.05) is 68.4 Å². The summed E-state index contributed by atoms with van der Waals surface area (Å²) in [6, 6.07) is 33.0. The zero-order chi connectivity index (χ0) is 140. The summed E-state index contributed by atoms with van der Waals surface area (Å²) < 4.78 is 503. The fraction of sp³-hybridized carbons (Fsp3) is 0.609. The van der Waals surface area contributed by atoms with Crippen LogP contribution in [0, 0.1) is 0 Å². The highest BCUT2D eigenvalue weighted by Gasteiger charge is 2.54. The number of rotatable bonds is 35. The molecule has 10 aliphatic rings. The van der Waals surface area contributed by atoms with Crippen LogP contribution in [0.2, 0.25) is 0 Å². The van der Waals surface area contributed by atoms with Gasteiger partial charge in [0.25, 0.3) is 0 Å². The van der Waals surface area contributed by atoms with E-state index in [1.54, 1.807) is 112 Å². The van der Waals surface area contributed by atoms with E-state index in [4.69, 9.17) is 113 Å². The molecule has 5 saturated heterocycles. The number of nitrogens with zero attached hydrogens (tertiary/aromatic N) is 5. The summed E-state index contributed by atoms with van der Waals surface area (Å²) in [6.07, 6.45) is -55.2. The molecule has 5 atom stereocenters. The monoisotopic (exact) mass is 1980 g/mol. The third kappa shape index (κ3) is 25.7. The minimum Gasteiger partial charge on any atom is -0.496 e. The Labute approximate surface area is 901 Å². The quantitative estimate of drug-likeness (QED) is 0.0369. The van der Waals surface area contributed by atoms with E-state index in [9.17, 15) is 5.48 Å². The van der Waals surface area contributed by atoms with E-state index >= 15 is 0 Å². The summed E-state index contributed by atoms with van der Waals surface area (Å²) >= 11 is 6.12. The van der Waals surface area contributed by atoms with Gasteiger partial charge in [0.1, 0.15) is 28.7 Å². The average Bonchev–Trinajstić information content (AvgIpc) is 1.45. The van der Waals surface area contributed by atoms with Crippen LogP contribution in [0.4, 0.5) is 0 Å². The highest BCUT2D eigenvalue weighted by molar-refractivity contribution is 7.11. The maximum absolute atomic E-state index is 9.41. The summed E-state index contributed by atoms with van der Waals surface area (Å²) in [6.45, 7) is -8.72. The zero-order valence-electron chi connectivity index (χ0n) is 129. The maximum atomic E-state index is 9.41. The second-order valence-corrected chi connectivity index (χ2v) is 38.9. The molecule has 20 rings (SSSR count). The van der Waals surface area contributed by atoms with Crippen LogP contribution in [-0.2, 0) is 82.6 Å². The van der Waals surface area contributed by atoms with Gasteiger partial charge in [0.2, 0.25) is 0 Å². The highest BCUT2D eigenvalue weighted by atomic mass is 32.1. The van der Waals surface area contributed by atoms with Crippen molar-refractivity contribution < 1.29 is 119 Å². The molecule has 0 radical (unpaired) electrons. The molecular weight excluding hydrogens is 1770 g/mol. The third-order valence-corrected chi connectivity index (χ3v) is 29.7. The highest BCUT2D eigenvalue weighted by Crippen LogP contribution is 2.57. The largest absolute Gasteiger partial charge is 0.496 e. The van der Waals surface area contributed by atoms with Crippen molar-refractivity contribution in [2.24, 2.45) is 0 Å². The Hall–Kier alpha value is -6.95. The van der Waals surface area contributed by atoms with Crippen molar-refractivity contribution in [1.82, 2.24) is 24.9 Å². The number of hydrogen-bond donors (Lipinski definition) is 0. The first-order valence-corrected chi connectivity index (χ1v) is 50.1. The first kappa shape index (κ1) is 54.3. The molecule has 730 valence electrons. The van der Waals surface area contributed by atoms with Gasteiger partial charge in [-0.3, -0.25) is 24.9 Å². The molecule has 0 unspecified atom stereocenters. The topological polar surface area (TPSA) is 157 Å². The van der Waals surface area contributed by atoms with Crippen molar-refractivity contribution in [3.63, 3.8) is 0 Å². The van der Waals surface area contributed by atoms with Crippen LogP contribution in [0.5, 0.6) is 28.7 Å². The predicted octanol–water partition coefficient (Wildman–Crippen LogP) is 29.6. The van der Waals surface area contributed by atoms with E-state index < -0.39 is 247 Å². The number of methoxy groups -OCH3 is 5. The van der Waals surface area contributed by atoms with Crippen molar-refractivity contribution >= 4 is 56.7 Å². The van der Waals surface area contributed by atoms with Crippen molar-refractivity contribution in [3.8, 4) is 28.7 Å². The smallest absolute Gasteiger partial charge is 0.132 e.